The first-order chi connectivity index (χ1) is 11.6. The number of aryl methyl sites for hydroxylation is 1. The van der Waals surface area contributed by atoms with Crippen molar-refractivity contribution in [2.45, 2.75) is 6.92 Å². The third kappa shape index (κ3) is 2.88. The van der Waals surface area contributed by atoms with Gasteiger partial charge in [0.15, 0.2) is 5.69 Å². The van der Waals surface area contributed by atoms with Crippen molar-refractivity contribution in [3.63, 3.8) is 0 Å². The Kier molecular flexibility index (Phi) is 4.09. The van der Waals surface area contributed by atoms with Crippen molar-refractivity contribution in [3.8, 4) is 22.4 Å². The Labute approximate surface area is 139 Å². The molecule has 0 saturated heterocycles. The van der Waals surface area contributed by atoms with Crippen LogP contribution in [0.5, 0.6) is 0 Å². The van der Waals surface area contributed by atoms with E-state index in [1.54, 1.807) is 25.3 Å². The molecule has 0 saturated carbocycles. The molecule has 0 bridgehead atoms. The average Bonchev–Trinajstić information content (AvgIpc) is 2.62. The Morgan fingerprint density at radius 2 is 1.83 bits per heavy atom. The summed E-state index contributed by atoms with van der Waals surface area (Å²) in [6.45, 7) is 9.16. The lowest BCUT2D eigenvalue weighted by Gasteiger charge is -2.09. The Morgan fingerprint density at radius 3 is 2.50 bits per heavy atom. The summed E-state index contributed by atoms with van der Waals surface area (Å²) in [4.78, 5) is 19.2. The first kappa shape index (κ1) is 15.4. The minimum Gasteiger partial charge on any atom is -0.478 e. The standard InChI is InChI=1S/C20H14N2O2/c1-13-12-22-18(11-17(13)20(23)24)15-8-9-16(19(10-15)21-2)14-6-4-3-5-7-14/h3-12H,1H3,(H,23,24). The Bertz CT molecular complexity index is 957. The van der Waals surface area contributed by atoms with Crippen molar-refractivity contribution in [2.75, 3.05) is 0 Å². The second kappa shape index (κ2) is 6.35. The van der Waals surface area contributed by atoms with Crippen LogP contribution in [0.4, 0.5) is 5.69 Å². The minimum atomic E-state index is -0.984. The number of carbonyl (C=O) groups is 1. The molecule has 0 aliphatic carbocycles. The third-order valence-electron chi connectivity index (χ3n) is 3.83. The second-order valence-corrected chi connectivity index (χ2v) is 5.40. The lowest BCUT2D eigenvalue weighted by molar-refractivity contribution is 0.0696. The summed E-state index contributed by atoms with van der Waals surface area (Å²) in [6.07, 6.45) is 1.54. The molecule has 3 rings (SSSR count). The maximum absolute atomic E-state index is 11.3. The molecule has 24 heavy (non-hydrogen) atoms. The minimum absolute atomic E-state index is 0.219. The molecule has 0 aliphatic rings. The van der Waals surface area contributed by atoms with Gasteiger partial charge in [-0.3, -0.25) is 4.98 Å². The van der Waals surface area contributed by atoms with E-state index in [2.05, 4.69) is 9.83 Å². The molecule has 4 heteroatoms. The van der Waals surface area contributed by atoms with Gasteiger partial charge in [0.25, 0.3) is 0 Å². The molecule has 0 radical (unpaired) electrons. The number of benzene rings is 2. The summed E-state index contributed by atoms with van der Waals surface area (Å²) >= 11 is 0. The van der Waals surface area contributed by atoms with Crippen LogP contribution in [0.2, 0.25) is 0 Å². The first-order valence-corrected chi connectivity index (χ1v) is 7.37. The van der Waals surface area contributed by atoms with Crippen molar-refractivity contribution in [1.29, 1.82) is 0 Å². The summed E-state index contributed by atoms with van der Waals surface area (Å²) in [7, 11) is 0. The van der Waals surface area contributed by atoms with E-state index in [0.29, 0.717) is 16.9 Å². The average molecular weight is 314 g/mol. The van der Waals surface area contributed by atoms with Gasteiger partial charge in [-0.1, -0.05) is 42.5 Å². The van der Waals surface area contributed by atoms with Crippen LogP contribution >= 0.6 is 0 Å². The van der Waals surface area contributed by atoms with Gasteiger partial charge in [0, 0.05) is 6.20 Å². The highest BCUT2D eigenvalue weighted by Crippen LogP contribution is 2.34. The smallest absolute Gasteiger partial charge is 0.336 e. The highest BCUT2D eigenvalue weighted by atomic mass is 16.4. The zero-order valence-electron chi connectivity index (χ0n) is 13.0. The predicted octanol–water partition coefficient (Wildman–Crippen LogP) is 4.97. The summed E-state index contributed by atoms with van der Waals surface area (Å²) in [5, 5.41) is 9.25. The van der Waals surface area contributed by atoms with Crippen LogP contribution in [0.3, 0.4) is 0 Å². The number of nitrogens with zero attached hydrogens (tertiary/aromatic N) is 2. The monoisotopic (exact) mass is 314 g/mol. The lowest BCUT2D eigenvalue weighted by Crippen LogP contribution is -2.01. The topological polar surface area (TPSA) is 54.5 Å². The predicted molar refractivity (Wildman–Crippen MR) is 93.1 cm³/mol. The fourth-order valence-electron chi connectivity index (χ4n) is 2.56. The number of carboxylic acids is 1. The van der Waals surface area contributed by atoms with Gasteiger partial charge in [-0.05, 0) is 41.3 Å². The Morgan fingerprint density at radius 1 is 1.08 bits per heavy atom. The molecule has 0 spiro atoms. The molecule has 0 aliphatic heterocycles. The molecular formula is C20H14N2O2. The SMILES string of the molecule is [C-]#[N+]c1cc(-c2cc(C(=O)O)c(C)cn2)ccc1-c1ccccc1. The zero-order valence-corrected chi connectivity index (χ0v) is 13.0. The van der Waals surface area contributed by atoms with Crippen LogP contribution in [-0.4, -0.2) is 16.1 Å². The Hall–Kier alpha value is -3.45. The number of aromatic nitrogens is 1. The van der Waals surface area contributed by atoms with E-state index in [4.69, 9.17) is 6.57 Å². The molecule has 116 valence electrons. The van der Waals surface area contributed by atoms with Gasteiger partial charge in [0.1, 0.15) is 0 Å². The van der Waals surface area contributed by atoms with E-state index >= 15 is 0 Å². The quantitative estimate of drug-likeness (QED) is 0.694. The number of hydrogen-bond donors (Lipinski definition) is 1. The third-order valence-corrected chi connectivity index (χ3v) is 3.83. The molecule has 0 atom stereocenters. The second-order valence-electron chi connectivity index (χ2n) is 5.40. The van der Waals surface area contributed by atoms with Crippen LogP contribution in [0, 0.1) is 13.5 Å². The highest BCUT2D eigenvalue weighted by molar-refractivity contribution is 5.91. The maximum atomic E-state index is 11.3. The summed E-state index contributed by atoms with van der Waals surface area (Å²) in [5.41, 5.74) is 4.43. The molecule has 3 aromatic rings. The molecule has 1 aromatic heterocycles. The highest BCUT2D eigenvalue weighted by Gasteiger charge is 2.12. The molecule has 0 fully saturated rings. The van der Waals surface area contributed by atoms with Crippen molar-refractivity contribution in [1.82, 2.24) is 4.98 Å². The first-order valence-electron chi connectivity index (χ1n) is 7.37. The molecule has 1 heterocycles. The van der Waals surface area contributed by atoms with Crippen LogP contribution in [-0.2, 0) is 0 Å². The van der Waals surface area contributed by atoms with Crippen molar-refractivity contribution in [2.24, 2.45) is 0 Å². The molecule has 0 unspecified atom stereocenters. The van der Waals surface area contributed by atoms with E-state index < -0.39 is 5.97 Å². The lowest BCUT2D eigenvalue weighted by atomic mass is 9.99. The largest absolute Gasteiger partial charge is 0.478 e. The zero-order chi connectivity index (χ0) is 17.1. The fourth-order valence-corrected chi connectivity index (χ4v) is 2.56. The molecule has 2 aromatic carbocycles. The van der Waals surface area contributed by atoms with Gasteiger partial charge in [-0.15, -0.1) is 0 Å². The van der Waals surface area contributed by atoms with Crippen molar-refractivity contribution in [3.05, 3.63) is 83.3 Å². The maximum Gasteiger partial charge on any atom is 0.336 e. The van der Waals surface area contributed by atoms with Crippen molar-refractivity contribution >= 4 is 11.7 Å². The number of pyridine rings is 1. The number of carboxylic acid groups (broad SMARTS) is 1. The van der Waals surface area contributed by atoms with Crippen molar-refractivity contribution < 1.29 is 9.90 Å². The molecular weight excluding hydrogens is 300 g/mol. The van der Waals surface area contributed by atoms with Crippen LogP contribution in [0.15, 0.2) is 60.8 Å². The Balaban J connectivity index is 2.10. The van der Waals surface area contributed by atoms with Crippen LogP contribution in [0.25, 0.3) is 27.2 Å². The number of rotatable bonds is 3. The van der Waals surface area contributed by atoms with E-state index in [0.717, 1.165) is 16.7 Å². The molecule has 0 amide bonds. The summed E-state index contributed by atoms with van der Waals surface area (Å²) < 4.78 is 0. The summed E-state index contributed by atoms with van der Waals surface area (Å²) in [5.74, 6) is -0.984. The van der Waals surface area contributed by atoms with Crippen LogP contribution < -0.4 is 0 Å². The van der Waals surface area contributed by atoms with Gasteiger partial charge in [0.05, 0.1) is 17.8 Å². The molecule has 4 nitrogen and oxygen atoms in total. The van der Waals surface area contributed by atoms with Crippen LogP contribution in [0.1, 0.15) is 15.9 Å². The number of aromatic carboxylic acids is 1. The van der Waals surface area contributed by atoms with E-state index in [9.17, 15) is 9.90 Å². The van der Waals surface area contributed by atoms with E-state index in [-0.39, 0.29) is 5.56 Å². The molecule has 1 N–H and O–H groups in total. The van der Waals surface area contributed by atoms with Gasteiger partial charge in [-0.2, -0.15) is 0 Å². The number of hydrogen-bond acceptors (Lipinski definition) is 2. The fraction of sp³-hybridized carbons (Fsp3) is 0.0500. The normalized spacial score (nSPS) is 10.2. The summed E-state index contributed by atoms with van der Waals surface area (Å²) in [6, 6.07) is 16.7. The van der Waals surface area contributed by atoms with E-state index in [1.807, 2.05) is 42.5 Å². The van der Waals surface area contributed by atoms with Gasteiger partial charge >= 0.3 is 5.97 Å². The van der Waals surface area contributed by atoms with Gasteiger partial charge in [-0.25, -0.2) is 9.64 Å². The van der Waals surface area contributed by atoms with Gasteiger partial charge < -0.3 is 5.11 Å². The van der Waals surface area contributed by atoms with E-state index in [1.165, 1.54) is 0 Å². The van der Waals surface area contributed by atoms with Gasteiger partial charge in [0.2, 0.25) is 0 Å².